The molecule has 4 rings (SSSR count). The number of rotatable bonds is 5. The number of hydrogen-bond acceptors (Lipinski definition) is 7. The second kappa shape index (κ2) is 8.08. The summed E-state index contributed by atoms with van der Waals surface area (Å²) in [4.78, 5) is 29.1. The topological polar surface area (TPSA) is 87.9 Å². The van der Waals surface area contributed by atoms with Gasteiger partial charge in [-0.25, -0.2) is 4.79 Å². The molecule has 0 aliphatic heterocycles. The molecule has 2 heterocycles. The molecule has 0 saturated heterocycles. The summed E-state index contributed by atoms with van der Waals surface area (Å²) >= 11 is 0. The van der Waals surface area contributed by atoms with Crippen LogP contribution in [-0.2, 0) is 0 Å². The Hall–Kier alpha value is -4.13. The largest absolute Gasteiger partial charge is 0.493 e. The second-order valence-electron chi connectivity index (χ2n) is 6.34. The third-order valence-electron chi connectivity index (χ3n) is 4.55. The van der Waals surface area contributed by atoms with Gasteiger partial charge in [0.1, 0.15) is 17.6 Å². The first-order valence-electron chi connectivity index (χ1n) is 9.01. The van der Waals surface area contributed by atoms with Gasteiger partial charge in [0, 0.05) is 18.5 Å². The van der Waals surface area contributed by atoms with E-state index in [1.807, 2.05) is 0 Å². The van der Waals surface area contributed by atoms with Gasteiger partial charge in [0.2, 0.25) is 0 Å². The molecule has 0 N–H and O–H groups in total. The Kier molecular flexibility index (Phi) is 5.17. The zero-order chi connectivity index (χ0) is 21.1. The molecule has 2 aromatic heterocycles. The maximum absolute atomic E-state index is 13.0. The van der Waals surface area contributed by atoms with Crippen LogP contribution in [0.5, 0.6) is 17.2 Å². The van der Waals surface area contributed by atoms with Crippen LogP contribution in [0.3, 0.4) is 0 Å². The Balaban J connectivity index is 1.68. The third kappa shape index (κ3) is 3.60. The van der Waals surface area contributed by atoms with E-state index in [0.29, 0.717) is 39.2 Å². The molecule has 30 heavy (non-hydrogen) atoms. The number of benzene rings is 2. The first-order valence-corrected chi connectivity index (χ1v) is 9.01. The molecule has 0 amide bonds. The Bertz CT molecular complexity index is 1280. The molecule has 0 saturated carbocycles. The van der Waals surface area contributed by atoms with Crippen molar-refractivity contribution in [1.29, 1.82) is 0 Å². The van der Waals surface area contributed by atoms with Gasteiger partial charge in [0.15, 0.2) is 16.9 Å². The highest BCUT2D eigenvalue weighted by Crippen LogP contribution is 2.32. The minimum atomic E-state index is -0.549. The van der Waals surface area contributed by atoms with Crippen LogP contribution in [0.2, 0.25) is 0 Å². The summed E-state index contributed by atoms with van der Waals surface area (Å²) in [6, 6.07) is 13.0. The van der Waals surface area contributed by atoms with E-state index in [1.165, 1.54) is 25.6 Å². The molecule has 0 aliphatic rings. The van der Waals surface area contributed by atoms with Crippen LogP contribution in [0, 0.1) is 0 Å². The maximum atomic E-state index is 13.0. The fourth-order valence-electron chi connectivity index (χ4n) is 3.02. The van der Waals surface area contributed by atoms with Crippen molar-refractivity contribution in [2.45, 2.75) is 0 Å². The zero-order valence-corrected chi connectivity index (χ0v) is 16.2. The van der Waals surface area contributed by atoms with Crippen molar-refractivity contribution in [3.05, 3.63) is 83.0 Å². The number of fused-ring (bicyclic) bond motifs is 1. The highest BCUT2D eigenvalue weighted by Gasteiger charge is 2.14. The van der Waals surface area contributed by atoms with Gasteiger partial charge in [-0.2, -0.15) is 0 Å². The number of nitrogens with zero attached hydrogens (tertiary/aromatic N) is 1. The van der Waals surface area contributed by atoms with Crippen molar-refractivity contribution in [1.82, 2.24) is 4.98 Å². The van der Waals surface area contributed by atoms with Crippen LogP contribution in [-0.4, -0.2) is 25.2 Å². The summed E-state index contributed by atoms with van der Waals surface area (Å²) in [5.41, 5.74) is 1.43. The molecule has 0 atom stereocenters. The molecule has 0 unspecified atom stereocenters. The average Bonchev–Trinajstić information content (AvgIpc) is 2.79. The van der Waals surface area contributed by atoms with Gasteiger partial charge in [0.05, 0.1) is 30.7 Å². The van der Waals surface area contributed by atoms with E-state index in [1.54, 1.807) is 55.8 Å². The lowest BCUT2D eigenvalue weighted by Crippen LogP contribution is -2.09. The maximum Gasteiger partial charge on any atom is 0.345 e. The Morgan fingerprint density at radius 3 is 2.57 bits per heavy atom. The van der Waals surface area contributed by atoms with Crippen molar-refractivity contribution >= 4 is 16.9 Å². The second-order valence-corrected chi connectivity index (χ2v) is 6.34. The van der Waals surface area contributed by atoms with Crippen molar-refractivity contribution in [2.75, 3.05) is 14.2 Å². The van der Waals surface area contributed by atoms with Gasteiger partial charge in [-0.15, -0.1) is 0 Å². The predicted octanol–water partition coefficient (Wildman–Crippen LogP) is 4.09. The summed E-state index contributed by atoms with van der Waals surface area (Å²) in [7, 11) is 3.07. The molecule has 0 radical (unpaired) electrons. The number of ether oxygens (including phenoxy) is 3. The van der Waals surface area contributed by atoms with Gasteiger partial charge in [-0.1, -0.05) is 6.07 Å². The Labute approximate surface area is 171 Å². The minimum absolute atomic E-state index is 0.214. The molecule has 150 valence electrons. The smallest absolute Gasteiger partial charge is 0.345 e. The molecule has 0 spiro atoms. The number of esters is 1. The quantitative estimate of drug-likeness (QED) is 0.366. The van der Waals surface area contributed by atoms with Crippen molar-refractivity contribution in [3.8, 4) is 28.4 Å². The van der Waals surface area contributed by atoms with E-state index in [9.17, 15) is 9.59 Å². The highest BCUT2D eigenvalue weighted by atomic mass is 16.5. The van der Waals surface area contributed by atoms with E-state index in [0.717, 1.165) is 0 Å². The third-order valence-corrected chi connectivity index (χ3v) is 4.55. The van der Waals surface area contributed by atoms with Crippen molar-refractivity contribution in [2.24, 2.45) is 0 Å². The Morgan fingerprint density at radius 2 is 1.83 bits per heavy atom. The first-order chi connectivity index (χ1) is 14.6. The predicted molar refractivity (Wildman–Crippen MR) is 110 cm³/mol. The summed E-state index contributed by atoms with van der Waals surface area (Å²) < 4.78 is 21.5. The average molecular weight is 403 g/mol. The molecule has 7 nitrogen and oxygen atoms in total. The number of pyridine rings is 1. The number of carbonyl (C=O) groups excluding carboxylic acids is 1. The van der Waals surface area contributed by atoms with Crippen LogP contribution in [0.4, 0.5) is 0 Å². The number of methoxy groups -OCH3 is 2. The lowest BCUT2D eigenvalue weighted by molar-refractivity contribution is 0.0734. The van der Waals surface area contributed by atoms with Gasteiger partial charge in [-0.05, 0) is 42.0 Å². The fourth-order valence-corrected chi connectivity index (χ4v) is 3.02. The molecule has 7 heteroatoms. The number of carbonyl (C=O) groups is 1. The monoisotopic (exact) mass is 403 g/mol. The molecule has 0 fully saturated rings. The van der Waals surface area contributed by atoms with Crippen LogP contribution in [0.15, 0.2) is 76.4 Å². The molecular weight excluding hydrogens is 386 g/mol. The molecule has 0 aliphatic carbocycles. The van der Waals surface area contributed by atoms with E-state index in [4.69, 9.17) is 18.6 Å². The van der Waals surface area contributed by atoms with E-state index in [-0.39, 0.29) is 11.2 Å². The highest BCUT2D eigenvalue weighted by molar-refractivity contribution is 5.91. The SMILES string of the molecule is COc1ccc(-c2coc3cc(OC(=O)c4cccnc4)ccc3c2=O)cc1OC. The molecule has 2 aromatic carbocycles. The van der Waals surface area contributed by atoms with Crippen LogP contribution >= 0.6 is 0 Å². The van der Waals surface area contributed by atoms with Crippen LogP contribution in [0.1, 0.15) is 10.4 Å². The minimum Gasteiger partial charge on any atom is -0.493 e. The van der Waals surface area contributed by atoms with Crippen LogP contribution in [0.25, 0.3) is 22.1 Å². The van der Waals surface area contributed by atoms with E-state index >= 15 is 0 Å². The van der Waals surface area contributed by atoms with Gasteiger partial charge >= 0.3 is 5.97 Å². The van der Waals surface area contributed by atoms with Crippen LogP contribution < -0.4 is 19.6 Å². The summed E-state index contributed by atoms with van der Waals surface area (Å²) in [5.74, 6) is 0.781. The lowest BCUT2D eigenvalue weighted by atomic mass is 10.0. The standard InChI is InChI=1S/C23H17NO6/c1-27-19-8-5-14(10-21(19)28-2)18-13-29-20-11-16(6-7-17(20)22(18)25)30-23(26)15-4-3-9-24-12-15/h3-13H,1-2H3. The van der Waals surface area contributed by atoms with E-state index in [2.05, 4.69) is 4.98 Å². The zero-order valence-electron chi connectivity index (χ0n) is 16.2. The van der Waals surface area contributed by atoms with Gasteiger partial charge in [0.25, 0.3) is 0 Å². The molecule has 4 aromatic rings. The summed E-state index contributed by atoms with van der Waals surface area (Å²) in [6.45, 7) is 0. The van der Waals surface area contributed by atoms with E-state index < -0.39 is 5.97 Å². The molecular formula is C23H17NO6. The van der Waals surface area contributed by atoms with Crippen molar-refractivity contribution in [3.63, 3.8) is 0 Å². The lowest BCUT2D eigenvalue weighted by Gasteiger charge is -2.10. The normalized spacial score (nSPS) is 10.6. The Morgan fingerprint density at radius 1 is 1.00 bits per heavy atom. The van der Waals surface area contributed by atoms with Gasteiger partial charge < -0.3 is 18.6 Å². The summed E-state index contributed by atoms with van der Waals surface area (Å²) in [5, 5.41) is 0.364. The first kappa shape index (κ1) is 19.2. The number of hydrogen-bond donors (Lipinski definition) is 0. The fraction of sp³-hybridized carbons (Fsp3) is 0.0870. The molecule has 0 bridgehead atoms. The van der Waals surface area contributed by atoms with Crippen molar-refractivity contribution < 1.29 is 23.4 Å². The van der Waals surface area contributed by atoms with Gasteiger partial charge in [-0.3, -0.25) is 9.78 Å². The summed E-state index contributed by atoms with van der Waals surface area (Å²) in [6.07, 6.45) is 4.36. The number of aromatic nitrogens is 1.